The van der Waals surface area contributed by atoms with Gasteiger partial charge in [-0.2, -0.15) is 0 Å². The lowest BCUT2D eigenvalue weighted by molar-refractivity contribution is 0.660. The van der Waals surface area contributed by atoms with Gasteiger partial charge in [0.2, 0.25) is 0 Å². The number of rotatable bonds is 4. The van der Waals surface area contributed by atoms with Crippen LogP contribution in [0.25, 0.3) is 0 Å². The summed E-state index contributed by atoms with van der Waals surface area (Å²) in [5, 5.41) is 3.30. The van der Waals surface area contributed by atoms with Crippen LogP contribution in [0.1, 0.15) is 43.9 Å². The van der Waals surface area contributed by atoms with E-state index in [9.17, 15) is 0 Å². The summed E-state index contributed by atoms with van der Waals surface area (Å²) in [4.78, 5) is 9.17. The van der Waals surface area contributed by atoms with Gasteiger partial charge in [0.05, 0.1) is 5.69 Å². The molecule has 0 unspecified atom stereocenters. The largest absolute Gasteiger partial charge is 0.311 e. The van der Waals surface area contributed by atoms with E-state index in [0.29, 0.717) is 0 Å². The number of hydrogen-bond donors (Lipinski definition) is 1. The van der Waals surface area contributed by atoms with E-state index in [1.807, 2.05) is 6.92 Å². The van der Waals surface area contributed by atoms with Gasteiger partial charge in [0.1, 0.15) is 5.82 Å². The van der Waals surface area contributed by atoms with Crippen molar-refractivity contribution in [3.05, 3.63) is 23.3 Å². The molecule has 0 bridgehead atoms. The number of aromatic nitrogens is 2. The van der Waals surface area contributed by atoms with Crippen molar-refractivity contribution >= 4 is 0 Å². The third-order valence-corrected chi connectivity index (χ3v) is 3.00. The minimum Gasteiger partial charge on any atom is -0.311 e. The zero-order valence-corrected chi connectivity index (χ0v) is 9.80. The minimum atomic E-state index is 0.271. The molecule has 0 radical (unpaired) electrons. The highest BCUT2D eigenvalue weighted by Gasteiger charge is 2.42. The van der Waals surface area contributed by atoms with Crippen molar-refractivity contribution < 1.29 is 0 Å². The molecule has 3 nitrogen and oxygen atoms in total. The third-order valence-electron chi connectivity index (χ3n) is 3.00. The maximum atomic E-state index is 4.63. The smallest absolute Gasteiger partial charge is 0.134 e. The van der Waals surface area contributed by atoms with Crippen LogP contribution in [-0.2, 0) is 12.0 Å². The first-order chi connectivity index (χ1) is 7.14. The van der Waals surface area contributed by atoms with Gasteiger partial charge in [-0.25, -0.2) is 9.97 Å². The molecule has 0 amide bonds. The molecular formula is C12H19N3. The van der Waals surface area contributed by atoms with E-state index in [1.54, 1.807) is 0 Å². The highest BCUT2D eigenvalue weighted by Crippen LogP contribution is 2.45. The van der Waals surface area contributed by atoms with E-state index in [2.05, 4.69) is 35.2 Å². The summed E-state index contributed by atoms with van der Waals surface area (Å²) in [6.07, 6.45) is 2.47. The number of aryl methyl sites for hydroxylation is 1. The van der Waals surface area contributed by atoms with Crippen LogP contribution < -0.4 is 5.32 Å². The third kappa shape index (κ3) is 2.34. The van der Waals surface area contributed by atoms with Crippen molar-refractivity contribution in [2.75, 3.05) is 6.54 Å². The SMILES string of the molecule is CCNCc1cc(C)nc(C2(C)CC2)n1. The molecule has 1 saturated carbocycles. The number of nitrogens with one attached hydrogen (secondary N) is 1. The van der Waals surface area contributed by atoms with Crippen molar-refractivity contribution in [3.8, 4) is 0 Å². The average molecular weight is 205 g/mol. The second-order valence-electron chi connectivity index (χ2n) is 4.67. The lowest BCUT2D eigenvalue weighted by atomic mass is 10.1. The van der Waals surface area contributed by atoms with Crippen molar-refractivity contribution in [1.29, 1.82) is 0 Å². The Morgan fingerprint density at radius 1 is 1.40 bits per heavy atom. The fraction of sp³-hybridized carbons (Fsp3) is 0.667. The Hall–Kier alpha value is -0.960. The van der Waals surface area contributed by atoms with Gasteiger partial charge in [-0.15, -0.1) is 0 Å². The highest BCUT2D eigenvalue weighted by atomic mass is 15.0. The highest BCUT2D eigenvalue weighted by molar-refractivity contribution is 5.20. The molecular weight excluding hydrogens is 186 g/mol. The van der Waals surface area contributed by atoms with Crippen LogP contribution in [0.15, 0.2) is 6.07 Å². The Morgan fingerprint density at radius 3 is 2.73 bits per heavy atom. The van der Waals surface area contributed by atoms with Gasteiger partial charge < -0.3 is 5.32 Å². The molecule has 1 aliphatic rings. The Kier molecular flexibility index (Phi) is 2.74. The molecule has 0 atom stereocenters. The number of nitrogens with zero attached hydrogens (tertiary/aromatic N) is 2. The summed E-state index contributed by atoms with van der Waals surface area (Å²) in [5.41, 5.74) is 2.47. The van der Waals surface area contributed by atoms with Gasteiger partial charge >= 0.3 is 0 Å². The first-order valence-corrected chi connectivity index (χ1v) is 5.70. The minimum absolute atomic E-state index is 0.271. The van der Waals surface area contributed by atoms with Crippen LogP contribution >= 0.6 is 0 Å². The number of hydrogen-bond acceptors (Lipinski definition) is 3. The first kappa shape index (κ1) is 10.6. The fourth-order valence-electron chi connectivity index (χ4n) is 1.66. The Morgan fingerprint density at radius 2 is 2.13 bits per heavy atom. The van der Waals surface area contributed by atoms with Gasteiger partial charge in [0.15, 0.2) is 0 Å². The monoisotopic (exact) mass is 205 g/mol. The van der Waals surface area contributed by atoms with Crippen LogP contribution in [0.2, 0.25) is 0 Å². The van der Waals surface area contributed by atoms with Gasteiger partial charge in [0, 0.05) is 17.7 Å². The van der Waals surface area contributed by atoms with E-state index >= 15 is 0 Å². The quantitative estimate of drug-likeness (QED) is 0.816. The summed E-state index contributed by atoms with van der Waals surface area (Å²) < 4.78 is 0. The van der Waals surface area contributed by atoms with E-state index in [0.717, 1.165) is 30.3 Å². The zero-order valence-electron chi connectivity index (χ0n) is 9.80. The molecule has 0 aromatic carbocycles. The summed E-state index contributed by atoms with van der Waals surface area (Å²) in [5.74, 6) is 1.04. The molecule has 1 fully saturated rings. The summed E-state index contributed by atoms with van der Waals surface area (Å²) in [7, 11) is 0. The van der Waals surface area contributed by atoms with Gasteiger partial charge in [-0.1, -0.05) is 13.8 Å². The van der Waals surface area contributed by atoms with Gasteiger partial charge in [-0.05, 0) is 32.4 Å². The summed E-state index contributed by atoms with van der Waals surface area (Å²) in [6, 6.07) is 2.07. The van der Waals surface area contributed by atoms with Crippen LogP contribution in [0.4, 0.5) is 0 Å². The zero-order chi connectivity index (χ0) is 10.9. The Bertz CT molecular complexity index is 356. The van der Waals surface area contributed by atoms with Gasteiger partial charge in [0.25, 0.3) is 0 Å². The van der Waals surface area contributed by atoms with Gasteiger partial charge in [-0.3, -0.25) is 0 Å². The lowest BCUT2D eigenvalue weighted by Gasteiger charge is -2.10. The van der Waals surface area contributed by atoms with E-state index < -0.39 is 0 Å². The first-order valence-electron chi connectivity index (χ1n) is 5.70. The molecule has 1 aromatic rings. The van der Waals surface area contributed by atoms with Crippen molar-refractivity contribution in [1.82, 2.24) is 15.3 Å². The Labute approximate surface area is 91.3 Å². The maximum Gasteiger partial charge on any atom is 0.134 e. The second kappa shape index (κ2) is 3.89. The normalized spacial score (nSPS) is 17.8. The molecule has 0 saturated heterocycles. The van der Waals surface area contributed by atoms with Crippen LogP contribution in [0.3, 0.4) is 0 Å². The molecule has 2 rings (SSSR count). The second-order valence-corrected chi connectivity index (χ2v) is 4.67. The molecule has 0 aliphatic heterocycles. The van der Waals surface area contributed by atoms with E-state index in [1.165, 1.54) is 12.8 Å². The van der Waals surface area contributed by atoms with Crippen molar-refractivity contribution in [3.63, 3.8) is 0 Å². The van der Waals surface area contributed by atoms with Crippen molar-refractivity contribution in [2.45, 2.75) is 45.6 Å². The molecule has 3 heteroatoms. The van der Waals surface area contributed by atoms with Crippen LogP contribution in [0.5, 0.6) is 0 Å². The molecule has 15 heavy (non-hydrogen) atoms. The molecule has 1 aliphatic carbocycles. The van der Waals surface area contributed by atoms with Crippen LogP contribution in [0, 0.1) is 6.92 Å². The topological polar surface area (TPSA) is 37.8 Å². The predicted octanol–water partition coefficient (Wildman–Crippen LogP) is 1.95. The van der Waals surface area contributed by atoms with E-state index in [4.69, 9.17) is 0 Å². The van der Waals surface area contributed by atoms with E-state index in [-0.39, 0.29) is 5.41 Å². The Balaban J connectivity index is 2.21. The summed E-state index contributed by atoms with van der Waals surface area (Å²) in [6.45, 7) is 8.24. The molecule has 0 spiro atoms. The average Bonchev–Trinajstić information content (AvgIpc) is 2.94. The van der Waals surface area contributed by atoms with Crippen LogP contribution in [-0.4, -0.2) is 16.5 Å². The molecule has 1 heterocycles. The standard InChI is InChI=1S/C12H19N3/c1-4-13-8-10-7-9(2)14-11(15-10)12(3)5-6-12/h7,13H,4-6,8H2,1-3H3. The molecule has 1 N–H and O–H groups in total. The van der Waals surface area contributed by atoms with Crippen molar-refractivity contribution in [2.24, 2.45) is 0 Å². The summed E-state index contributed by atoms with van der Waals surface area (Å²) >= 11 is 0. The fourth-order valence-corrected chi connectivity index (χ4v) is 1.66. The lowest BCUT2D eigenvalue weighted by Crippen LogP contribution is -2.16. The predicted molar refractivity (Wildman–Crippen MR) is 60.7 cm³/mol. The molecule has 1 aromatic heterocycles. The maximum absolute atomic E-state index is 4.63. The molecule has 82 valence electrons.